The van der Waals surface area contributed by atoms with E-state index in [1.165, 1.54) is 11.8 Å². The zero-order valence-electron chi connectivity index (χ0n) is 15.4. The number of nitrogens with one attached hydrogen (secondary N) is 1. The zero-order chi connectivity index (χ0) is 19.9. The molecule has 0 spiro atoms. The van der Waals surface area contributed by atoms with E-state index in [0.717, 1.165) is 28.7 Å². The van der Waals surface area contributed by atoms with Crippen LogP contribution in [0, 0.1) is 0 Å². The summed E-state index contributed by atoms with van der Waals surface area (Å²) in [5.74, 6) is 1.39. The van der Waals surface area contributed by atoms with E-state index >= 15 is 0 Å². The highest BCUT2D eigenvalue weighted by atomic mass is 35.5. The van der Waals surface area contributed by atoms with Crippen molar-refractivity contribution in [2.45, 2.75) is 31.6 Å². The quantitative estimate of drug-likeness (QED) is 0.502. The molecule has 3 rings (SSSR count). The van der Waals surface area contributed by atoms with Crippen LogP contribution in [-0.4, -0.2) is 26.4 Å². The molecule has 0 unspecified atom stereocenters. The molecule has 0 radical (unpaired) electrons. The van der Waals surface area contributed by atoms with Crippen molar-refractivity contribution >= 4 is 40.9 Å². The minimum atomic E-state index is -0.0205. The van der Waals surface area contributed by atoms with Crippen LogP contribution < -0.4 is 5.32 Å². The van der Waals surface area contributed by atoms with E-state index in [9.17, 15) is 4.79 Å². The van der Waals surface area contributed by atoms with Gasteiger partial charge in [-0.3, -0.25) is 4.79 Å². The maximum atomic E-state index is 12.1. The third-order valence-corrected chi connectivity index (χ3v) is 5.72. The Kier molecular flexibility index (Phi) is 7.36. The molecule has 0 aliphatic carbocycles. The van der Waals surface area contributed by atoms with Crippen molar-refractivity contribution in [1.82, 2.24) is 20.1 Å². The van der Waals surface area contributed by atoms with Gasteiger partial charge >= 0.3 is 0 Å². The Morgan fingerprint density at radius 1 is 1.11 bits per heavy atom. The molecule has 146 valence electrons. The zero-order valence-corrected chi connectivity index (χ0v) is 17.7. The predicted octanol–water partition coefficient (Wildman–Crippen LogP) is 5.07. The number of amides is 1. The lowest BCUT2D eigenvalue weighted by molar-refractivity contribution is -0.120. The molecule has 0 fully saturated rings. The predicted molar refractivity (Wildman–Crippen MR) is 115 cm³/mol. The minimum absolute atomic E-state index is 0.0205. The third kappa shape index (κ3) is 5.28. The fraction of sp³-hybridized carbons (Fsp3) is 0.250. The maximum Gasteiger partial charge on any atom is 0.221 e. The lowest BCUT2D eigenvalue weighted by atomic mass is 10.2. The molecule has 1 amide bonds. The third-order valence-electron chi connectivity index (χ3n) is 4.13. The average Bonchev–Trinajstić information content (AvgIpc) is 3.11. The number of benzene rings is 2. The van der Waals surface area contributed by atoms with Gasteiger partial charge in [-0.15, -0.1) is 10.2 Å². The van der Waals surface area contributed by atoms with Crippen LogP contribution >= 0.6 is 35.0 Å². The summed E-state index contributed by atoms with van der Waals surface area (Å²) >= 11 is 13.6. The summed E-state index contributed by atoms with van der Waals surface area (Å²) in [6.07, 6.45) is 0.391. The number of carbonyl (C=O) groups is 1. The Bertz CT molecular complexity index is 944. The van der Waals surface area contributed by atoms with Gasteiger partial charge in [-0.1, -0.05) is 53.2 Å². The molecule has 0 saturated carbocycles. The van der Waals surface area contributed by atoms with Crippen molar-refractivity contribution in [3.05, 3.63) is 64.1 Å². The van der Waals surface area contributed by atoms with Crippen molar-refractivity contribution < 1.29 is 4.79 Å². The van der Waals surface area contributed by atoms with Crippen LogP contribution in [0.1, 0.15) is 18.9 Å². The van der Waals surface area contributed by atoms with E-state index in [1.54, 1.807) is 0 Å². The van der Waals surface area contributed by atoms with Crippen LogP contribution in [0.25, 0.3) is 11.4 Å². The number of thioether (sulfide) groups is 1. The lowest BCUT2D eigenvalue weighted by Crippen LogP contribution is -2.23. The van der Waals surface area contributed by atoms with Gasteiger partial charge in [-0.05, 0) is 42.8 Å². The Hall–Kier alpha value is -2.02. The Balaban J connectivity index is 1.54. The van der Waals surface area contributed by atoms with Crippen molar-refractivity contribution in [3.63, 3.8) is 0 Å². The van der Waals surface area contributed by atoms with Gasteiger partial charge in [-0.25, -0.2) is 0 Å². The van der Waals surface area contributed by atoms with Crippen molar-refractivity contribution in [2.24, 2.45) is 0 Å². The number of rotatable bonds is 8. The summed E-state index contributed by atoms with van der Waals surface area (Å²) in [6, 6.07) is 15.0. The lowest BCUT2D eigenvalue weighted by Gasteiger charge is -2.08. The smallest absolute Gasteiger partial charge is 0.221 e. The first-order chi connectivity index (χ1) is 13.6. The Morgan fingerprint density at radius 2 is 1.86 bits per heavy atom. The standard InChI is InChI=1S/C20H20Cl2N4OS/c1-2-26-19(14-7-9-16(21)10-8-14)24-25-20(26)28-12-11-18(27)23-13-15-5-3-4-6-17(15)22/h3-10H,2,11-13H2,1H3,(H,23,27). The van der Waals surface area contributed by atoms with Crippen molar-refractivity contribution in [2.75, 3.05) is 5.75 Å². The molecule has 2 aromatic carbocycles. The van der Waals surface area contributed by atoms with Gasteiger partial charge in [0, 0.05) is 40.9 Å². The maximum absolute atomic E-state index is 12.1. The largest absolute Gasteiger partial charge is 0.352 e. The van der Waals surface area contributed by atoms with E-state index in [4.69, 9.17) is 23.2 Å². The number of hydrogen-bond acceptors (Lipinski definition) is 4. The molecular weight excluding hydrogens is 415 g/mol. The van der Waals surface area contributed by atoms with Crippen LogP contribution in [0.5, 0.6) is 0 Å². The van der Waals surface area contributed by atoms with E-state index < -0.39 is 0 Å². The van der Waals surface area contributed by atoms with Gasteiger partial charge in [-0.2, -0.15) is 0 Å². The molecule has 8 heteroatoms. The molecule has 0 saturated heterocycles. The van der Waals surface area contributed by atoms with E-state index in [1.807, 2.05) is 60.0 Å². The Morgan fingerprint density at radius 3 is 2.57 bits per heavy atom. The molecule has 0 aliphatic heterocycles. The van der Waals surface area contributed by atoms with Gasteiger partial charge < -0.3 is 9.88 Å². The van der Waals surface area contributed by atoms with Crippen LogP contribution in [-0.2, 0) is 17.9 Å². The number of halogens is 2. The average molecular weight is 435 g/mol. The molecule has 5 nitrogen and oxygen atoms in total. The molecule has 0 aliphatic rings. The van der Waals surface area contributed by atoms with E-state index in [-0.39, 0.29) is 5.91 Å². The fourth-order valence-electron chi connectivity index (χ4n) is 2.65. The van der Waals surface area contributed by atoms with E-state index in [0.29, 0.717) is 28.8 Å². The highest BCUT2D eigenvalue weighted by Crippen LogP contribution is 2.25. The monoisotopic (exact) mass is 434 g/mol. The normalized spacial score (nSPS) is 10.8. The number of carbonyl (C=O) groups excluding carboxylic acids is 1. The van der Waals surface area contributed by atoms with E-state index in [2.05, 4.69) is 15.5 Å². The minimum Gasteiger partial charge on any atom is -0.352 e. The van der Waals surface area contributed by atoms with Gasteiger partial charge in [0.2, 0.25) is 5.91 Å². The number of hydrogen-bond donors (Lipinski definition) is 1. The van der Waals surface area contributed by atoms with Crippen molar-refractivity contribution in [3.8, 4) is 11.4 Å². The summed E-state index contributed by atoms with van der Waals surface area (Å²) in [5, 5.41) is 13.6. The van der Waals surface area contributed by atoms with Crippen LogP contribution in [0.2, 0.25) is 10.0 Å². The molecule has 0 bridgehead atoms. The first-order valence-corrected chi connectivity index (χ1v) is 10.6. The Labute approximate surface area is 178 Å². The summed E-state index contributed by atoms with van der Waals surface area (Å²) in [6.45, 7) is 3.21. The summed E-state index contributed by atoms with van der Waals surface area (Å²) in [5.41, 5.74) is 1.87. The fourth-order valence-corrected chi connectivity index (χ4v) is 3.92. The number of nitrogens with zero attached hydrogens (tertiary/aromatic N) is 3. The highest BCUT2D eigenvalue weighted by Gasteiger charge is 2.13. The summed E-state index contributed by atoms with van der Waals surface area (Å²) < 4.78 is 2.04. The SMILES string of the molecule is CCn1c(SCCC(=O)NCc2ccccc2Cl)nnc1-c1ccc(Cl)cc1. The second kappa shape index (κ2) is 9.96. The summed E-state index contributed by atoms with van der Waals surface area (Å²) in [4.78, 5) is 12.1. The van der Waals surface area contributed by atoms with Gasteiger partial charge in [0.15, 0.2) is 11.0 Å². The highest BCUT2D eigenvalue weighted by molar-refractivity contribution is 7.99. The van der Waals surface area contributed by atoms with Crippen LogP contribution in [0.4, 0.5) is 0 Å². The molecule has 1 aromatic heterocycles. The van der Waals surface area contributed by atoms with Crippen molar-refractivity contribution in [1.29, 1.82) is 0 Å². The number of aromatic nitrogens is 3. The van der Waals surface area contributed by atoms with Gasteiger partial charge in [0.25, 0.3) is 0 Å². The second-order valence-corrected chi connectivity index (χ2v) is 7.93. The molecule has 1 heterocycles. The van der Waals surface area contributed by atoms with Crippen LogP contribution in [0.3, 0.4) is 0 Å². The first-order valence-electron chi connectivity index (χ1n) is 8.90. The second-order valence-electron chi connectivity index (χ2n) is 6.02. The molecule has 1 N–H and O–H groups in total. The summed E-state index contributed by atoms with van der Waals surface area (Å²) in [7, 11) is 0. The first kappa shape index (κ1) is 20.7. The van der Waals surface area contributed by atoms with Gasteiger partial charge in [0.05, 0.1) is 0 Å². The van der Waals surface area contributed by atoms with Crippen LogP contribution in [0.15, 0.2) is 53.7 Å². The molecular formula is C20H20Cl2N4OS. The topological polar surface area (TPSA) is 59.8 Å². The molecule has 3 aromatic rings. The van der Waals surface area contributed by atoms with Gasteiger partial charge in [0.1, 0.15) is 0 Å². The molecule has 0 atom stereocenters. The molecule has 28 heavy (non-hydrogen) atoms.